The van der Waals surface area contributed by atoms with E-state index in [1.165, 1.54) is 11.1 Å². The zero-order chi connectivity index (χ0) is 19.8. The van der Waals surface area contributed by atoms with Crippen molar-refractivity contribution in [2.45, 2.75) is 65.0 Å². The number of aryl methyl sites for hydroxylation is 1. The van der Waals surface area contributed by atoms with Crippen molar-refractivity contribution in [1.82, 2.24) is 4.90 Å². The quantitative estimate of drug-likeness (QED) is 0.561. The highest BCUT2D eigenvalue weighted by atomic mass is 35.5. The molecule has 0 aromatic heterocycles. The molecule has 0 bridgehead atoms. The predicted octanol–water partition coefficient (Wildman–Crippen LogP) is 5.35. The Labute approximate surface area is 177 Å². The van der Waals surface area contributed by atoms with E-state index in [4.69, 9.17) is 5.73 Å². The summed E-state index contributed by atoms with van der Waals surface area (Å²) < 4.78 is 0. The lowest BCUT2D eigenvalue weighted by molar-refractivity contribution is 0.170. The Morgan fingerprint density at radius 1 is 0.964 bits per heavy atom. The fraction of sp³-hybridized carbons (Fsp3) is 0.500. The van der Waals surface area contributed by atoms with E-state index < -0.39 is 0 Å². The number of halogens is 1. The summed E-state index contributed by atoms with van der Waals surface area (Å²) in [5.74, 6) is 0.574. The Morgan fingerprint density at radius 2 is 1.61 bits per heavy atom. The van der Waals surface area contributed by atoms with Gasteiger partial charge in [0, 0.05) is 23.6 Å². The Hall–Kier alpha value is -1.55. The minimum atomic E-state index is 0. The van der Waals surface area contributed by atoms with Crippen LogP contribution in [0.4, 0.5) is 0 Å². The molecule has 1 atom stereocenters. The first-order valence-electron chi connectivity index (χ1n) is 10.3. The van der Waals surface area contributed by atoms with E-state index in [0.29, 0.717) is 24.4 Å². The first-order chi connectivity index (χ1) is 12.9. The molecular weight excluding hydrogens is 368 g/mol. The molecule has 0 saturated carbocycles. The van der Waals surface area contributed by atoms with Crippen molar-refractivity contribution < 1.29 is 5.11 Å². The number of hydrogen-bond donors (Lipinski definition) is 2. The third-order valence-electron chi connectivity index (χ3n) is 5.34. The number of benzene rings is 2. The Balaban J connectivity index is 0.00000392. The molecule has 0 aliphatic rings. The van der Waals surface area contributed by atoms with E-state index >= 15 is 0 Å². The van der Waals surface area contributed by atoms with Gasteiger partial charge in [0.05, 0.1) is 0 Å². The van der Waals surface area contributed by atoms with Gasteiger partial charge >= 0.3 is 0 Å². The van der Waals surface area contributed by atoms with Gasteiger partial charge in [0.1, 0.15) is 5.75 Å². The molecule has 0 unspecified atom stereocenters. The van der Waals surface area contributed by atoms with Gasteiger partial charge in [-0.05, 0) is 77.2 Å². The van der Waals surface area contributed by atoms with Crippen molar-refractivity contribution >= 4 is 12.4 Å². The number of hydrogen-bond acceptors (Lipinski definition) is 3. The average molecular weight is 405 g/mol. The number of phenols is 1. The molecule has 2 aromatic carbocycles. The smallest absolute Gasteiger partial charge is 0.119 e. The van der Waals surface area contributed by atoms with E-state index in [-0.39, 0.29) is 18.3 Å². The summed E-state index contributed by atoms with van der Waals surface area (Å²) in [5, 5.41) is 10.6. The fourth-order valence-corrected chi connectivity index (χ4v) is 3.92. The predicted molar refractivity (Wildman–Crippen MR) is 123 cm³/mol. The summed E-state index contributed by atoms with van der Waals surface area (Å²) in [6.07, 6.45) is 2.90. The summed E-state index contributed by atoms with van der Waals surface area (Å²) in [6.45, 7) is 10.7. The van der Waals surface area contributed by atoms with Crippen molar-refractivity contribution in [3.8, 4) is 5.75 Å². The van der Waals surface area contributed by atoms with Gasteiger partial charge in [-0.25, -0.2) is 0 Å². The number of rotatable bonds is 10. The molecule has 3 N–H and O–H groups in total. The third kappa shape index (κ3) is 6.80. The minimum absolute atomic E-state index is 0. The number of phenolic OH excluding ortho intramolecular Hbond substituents is 1. The van der Waals surface area contributed by atoms with Crippen LogP contribution in [0.15, 0.2) is 48.5 Å². The summed E-state index contributed by atoms with van der Waals surface area (Å²) in [5.41, 5.74) is 9.22. The van der Waals surface area contributed by atoms with Crippen LogP contribution in [0, 0.1) is 0 Å². The molecule has 0 spiro atoms. The maximum atomic E-state index is 10.6. The Kier molecular flexibility index (Phi) is 10.6. The lowest BCUT2D eigenvalue weighted by Gasteiger charge is -2.32. The van der Waals surface area contributed by atoms with Crippen molar-refractivity contribution in [2.75, 3.05) is 13.1 Å². The molecule has 0 heterocycles. The Morgan fingerprint density at radius 3 is 2.18 bits per heavy atom. The van der Waals surface area contributed by atoms with E-state index in [2.05, 4.69) is 62.9 Å². The molecule has 156 valence electrons. The molecule has 2 aromatic rings. The van der Waals surface area contributed by atoms with Gasteiger partial charge in [0.2, 0.25) is 0 Å². The first kappa shape index (κ1) is 24.5. The summed E-state index contributed by atoms with van der Waals surface area (Å²) in [6, 6.07) is 17.6. The van der Waals surface area contributed by atoms with Crippen molar-refractivity contribution in [3.05, 3.63) is 65.2 Å². The van der Waals surface area contributed by atoms with Crippen molar-refractivity contribution in [1.29, 1.82) is 0 Å². The first-order valence-corrected chi connectivity index (χ1v) is 10.3. The number of aromatic hydroxyl groups is 1. The van der Waals surface area contributed by atoms with Crippen LogP contribution in [0.3, 0.4) is 0 Å². The van der Waals surface area contributed by atoms with Crippen LogP contribution < -0.4 is 5.73 Å². The largest absolute Gasteiger partial charge is 0.508 e. The summed E-state index contributed by atoms with van der Waals surface area (Å²) in [7, 11) is 0. The van der Waals surface area contributed by atoms with Crippen molar-refractivity contribution in [2.24, 2.45) is 5.73 Å². The molecule has 0 amide bonds. The van der Waals surface area contributed by atoms with Gasteiger partial charge in [0.25, 0.3) is 0 Å². The van der Waals surface area contributed by atoms with Crippen LogP contribution in [-0.2, 0) is 6.42 Å². The van der Waals surface area contributed by atoms with Crippen LogP contribution >= 0.6 is 12.4 Å². The second kappa shape index (κ2) is 12.1. The monoisotopic (exact) mass is 404 g/mol. The highest BCUT2D eigenvalue weighted by Gasteiger charge is 2.21. The molecule has 3 nitrogen and oxygen atoms in total. The van der Waals surface area contributed by atoms with Crippen LogP contribution in [0.5, 0.6) is 5.75 Å². The van der Waals surface area contributed by atoms with Gasteiger partial charge in [-0.3, -0.25) is 4.90 Å². The van der Waals surface area contributed by atoms with E-state index in [9.17, 15) is 5.11 Å². The second-order valence-electron chi connectivity index (χ2n) is 7.96. The van der Waals surface area contributed by atoms with Crippen LogP contribution in [0.25, 0.3) is 0 Å². The SMILES string of the molecule is CC(C)N(CC[C@H](c1ccccc1)c1cc(CCCN)ccc1O)C(C)C.Cl. The van der Waals surface area contributed by atoms with E-state index in [1.807, 2.05) is 18.2 Å². The van der Waals surface area contributed by atoms with Gasteiger partial charge in [0.15, 0.2) is 0 Å². The average Bonchev–Trinajstić information content (AvgIpc) is 2.65. The topological polar surface area (TPSA) is 49.5 Å². The zero-order valence-corrected chi connectivity index (χ0v) is 18.6. The lowest BCUT2D eigenvalue weighted by atomic mass is 9.86. The van der Waals surface area contributed by atoms with Gasteiger partial charge in [-0.1, -0.05) is 42.5 Å². The highest BCUT2D eigenvalue weighted by Crippen LogP contribution is 2.35. The van der Waals surface area contributed by atoms with Gasteiger partial charge < -0.3 is 10.8 Å². The van der Waals surface area contributed by atoms with Crippen LogP contribution in [-0.4, -0.2) is 35.2 Å². The molecular formula is C24H37ClN2O. The summed E-state index contributed by atoms with van der Waals surface area (Å²) >= 11 is 0. The van der Waals surface area contributed by atoms with E-state index in [1.54, 1.807) is 0 Å². The van der Waals surface area contributed by atoms with E-state index in [0.717, 1.165) is 31.4 Å². The molecule has 0 aliphatic carbocycles. The molecule has 2 rings (SSSR count). The highest BCUT2D eigenvalue weighted by molar-refractivity contribution is 5.85. The van der Waals surface area contributed by atoms with Crippen LogP contribution in [0.2, 0.25) is 0 Å². The van der Waals surface area contributed by atoms with Crippen LogP contribution in [0.1, 0.15) is 63.1 Å². The standard InChI is InChI=1S/C24H36N2O.ClH/c1-18(2)26(19(3)4)16-14-22(21-10-6-5-7-11-21)23-17-20(9-8-15-25)12-13-24(23)27;/h5-7,10-13,17-19,22,27H,8-9,14-16,25H2,1-4H3;1H/t22-;/m1./s1. The van der Waals surface area contributed by atoms with Gasteiger partial charge in [-0.2, -0.15) is 0 Å². The molecule has 0 radical (unpaired) electrons. The Bertz CT molecular complexity index is 680. The maximum absolute atomic E-state index is 10.6. The number of nitrogens with zero attached hydrogens (tertiary/aromatic N) is 1. The minimum Gasteiger partial charge on any atom is -0.508 e. The third-order valence-corrected chi connectivity index (χ3v) is 5.34. The molecule has 28 heavy (non-hydrogen) atoms. The normalized spacial score (nSPS) is 12.4. The van der Waals surface area contributed by atoms with Crippen molar-refractivity contribution in [3.63, 3.8) is 0 Å². The molecule has 0 saturated heterocycles. The maximum Gasteiger partial charge on any atom is 0.119 e. The lowest BCUT2D eigenvalue weighted by Crippen LogP contribution is -2.38. The fourth-order valence-electron chi connectivity index (χ4n) is 3.92. The second-order valence-corrected chi connectivity index (χ2v) is 7.96. The molecule has 4 heteroatoms. The summed E-state index contributed by atoms with van der Waals surface area (Å²) in [4.78, 5) is 2.52. The molecule has 0 aliphatic heterocycles. The van der Waals surface area contributed by atoms with Gasteiger partial charge in [-0.15, -0.1) is 12.4 Å². The number of nitrogens with two attached hydrogens (primary N) is 1. The zero-order valence-electron chi connectivity index (χ0n) is 17.8. The molecule has 0 fully saturated rings.